The summed E-state index contributed by atoms with van der Waals surface area (Å²) in [6, 6.07) is 18.6. The smallest absolute Gasteiger partial charge is 0.272 e. The summed E-state index contributed by atoms with van der Waals surface area (Å²) in [4.78, 5) is 24.0. The van der Waals surface area contributed by atoms with Crippen molar-refractivity contribution in [1.82, 2.24) is 14.9 Å². The highest BCUT2D eigenvalue weighted by molar-refractivity contribution is 5.93. The van der Waals surface area contributed by atoms with Crippen molar-refractivity contribution in [3.05, 3.63) is 71.9 Å². The van der Waals surface area contributed by atoms with E-state index in [0.29, 0.717) is 18.1 Å². The van der Waals surface area contributed by atoms with E-state index >= 15 is 0 Å². The highest BCUT2D eigenvalue weighted by Gasteiger charge is 2.25. The van der Waals surface area contributed by atoms with Gasteiger partial charge in [0, 0.05) is 25.7 Å². The third-order valence-electron chi connectivity index (χ3n) is 5.65. The van der Waals surface area contributed by atoms with Gasteiger partial charge in [-0.25, -0.2) is 4.98 Å². The molecular weight excluding hydrogens is 426 g/mol. The van der Waals surface area contributed by atoms with Gasteiger partial charge >= 0.3 is 0 Å². The van der Waals surface area contributed by atoms with Crippen LogP contribution in [-0.4, -0.2) is 39.0 Å². The average Bonchev–Trinajstić information content (AvgIpc) is 2.80. The Kier molecular flexibility index (Phi) is 8.10. The second-order valence-corrected chi connectivity index (χ2v) is 9.60. The highest BCUT2D eigenvalue weighted by atomic mass is 16.3. The number of para-hydroxylation sites is 2. The number of hydrogen-bond acceptors (Lipinski definition) is 6. The van der Waals surface area contributed by atoms with Gasteiger partial charge in [0.05, 0.1) is 5.69 Å². The van der Waals surface area contributed by atoms with E-state index in [1.807, 2.05) is 30.3 Å². The molecule has 0 aliphatic carbocycles. The molecule has 1 heterocycles. The van der Waals surface area contributed by atoms with Crippen molar-refractivity contribution in [2.24, 2.45) is 5.41 Å². The van der Waals surface area contributed by atoms with Crippen molar-refractivity contribution >= 4 is 23.4 Å². The third-order valence-corrected chi connectivity index (χ3v) is 5.65. The topological polar surface area (TPSA) is 90.4 Å². The molecule has 1 unspecified atom stereocenters. The summed E-state index contributed by atoms with van der Waals surface area (Å²) in [6.07, 6.45) is 1.99. The van der Waals surface area contributed by atoms with E-state index in [0.717, 1.165) is 18.4 Å². The molecule has 0 radical (unpaired) electrons. The van der Waals surface area contributed by atoms with E-state index < -0.39 is 0 Å². The van der Waals surface area contributed by atoms with E-state index in [1.54, 1.807) is 42.3 Å². The molecule has 7 heteroatoms. The lowest BCUT2D eigenvalue weighted by molar-refractivity contribution is 0.0779. The Morgan fingerprint density at radius 1 is 1.06 bits per heavy atom. The number of phenols is 1. The van der Waals surface area contributed by atoms with Crippen molar-refractivity contribution in [2.75, 3.05) is 17.7 Å². The minimum atomic E-state index is -0.211. The van der Waals surface area contributed by atoms with Crippen LogP contribution in [0.5, 0.6) is 5.75 Å². The van der Waals surface area contributed by atoms with Crippen LogP contribution in [0.2, 0.25) is 0 Å². The fourth-order valence-electron chi connectivity index (χ4n) is 3.70. The Morgan fingerprint density at radius 3 is 2.38 bits per heavy atom. The predicted molar refractivity (Wildman–Crippen MR) is 137 cm³/mol. The Bertz CT molecular complexity index is 1100. The molecule has 180 valence electrons. The molecule has 34 heavy (non-hydrogen) atoms. The number of carbonyl (C=O) groups excluding carboxylic acids is 1. The first-order valence-electron chi connectivity index (χ1n) is 11.7. The van der Waals surface area contributed by atoms with Gasteiger partial charge in [0.2, 0.25) is 5.95 Å². The van der Waals surface area contributed by atoms with Crippen LogP contribution in [0.3, 0.4) is 0 Å². The number of phenolic OH excluding ortho intramolecular Hbond substituents is 1. The zero-order valence-corrected chi connectivity index (χ0v) is 20.7. The number of aromatic nitrogens is 2. The van der Waals surface area contributed by atoms with Crippen LogP contribution < -0.4 is 10.6 Å². The second kappa shape index (κ2) is 11.0. The van der Waals surface area contributed by atoms with E-state index in [9.17, 15) is 9.90 Å². The summed E-state index contributed by atoms with van der Waals surface area (Å²) in [5.74, 6) is 0.680. The number of hydrogen-bond donors (Lipinski definition) is 3. The number of nitrogens with one attached hydrogen (secondary N) is 2. The summed E-state index contributed by atoms with van der Waals surface area (Å²) < 4.78 is 0. The molecule has 1 aromatic heterocycles. The molecule has 0 spiro atoms. The zero-order chi connectivity index (χ0) is 24.7. The highest BCUT2D eigenvalue weighted by Crippen LogP contribution is 2.28. The van der Waals surface area contributed by atoms with Crippen molar-refractivity contribution < 1.29 is 9.90 Å². The van der Waals surface area contributed by atoms with Gasteiger partial charge in [0.15, 0.2) is 0 Å². The first kappa shape index (κ1) is 25.0. The van der Waals surface area contributed by atoms with Gasteiger partial charge in [-0.15, -0.1) is 0 Å². The maximum absolute atomic E-state index is 13.3. The summed E-state index contributed by atoms with van der Waals surface area (Å²) in [6.45, 7) is 9.17. The summed E-state index contributed by atoms with van der Waals surface area (Å²) >= 11 is 0. The van der Waals surface area contributed by atoms with Crippen LogP contribution in [0.25, 0.3) is 0 Å². The van der Waals surface area contributed by atoms with E-state index in [2.05, 4.69) is 48.3 Å². The van der Waals surface area contributed by atoms with Crippen molar-refractivity contribution in [2.45, 2.75) is 53.1 Å². The van der Waals surface area contributed by atoms with Crippen LogP contribution in [-0.2, 0) is 6.54 Å². The predicted octanol–water partition coefficient (Wildman–Crippen LogP) is 5.82. The molecule has 1 amide bonds. The fraction of sp³-hybridized carbons (Fsp3) is 0.370. The Hall–Kier alpha value is -3.61. The van der Waals surface area contributed by atoms with Gasteiger partial charge in [-0.1, -0.05) is 76.6 Å². The zero-order valence-electron chi connectivity index (χ0n) is 20.7. The van der Waals surface area contributed by atoms with E-state index in [-0.39, 0.29) is 34.8 Å². The lowest BCUT2D eigenvalue weighted by Gasteiger charge is -2.32. The summed E-state index contributed by atoms with van der Waals surface area (Å²) in [5, 5.41) is 16.8. The molecule has 7 nitrogen and oxygen atoms in total. The van der Waals surface area contributed by atoms with Gasteiger partial charge in [0.1, 0.15) is 17.3 Å². The standard InChI is InChI=1S/C27H35N5O2/c1-6-12-23(27(2,3)4)30-24-17-21(25(34)32(5)18-19-13-8-7-9-14-19)29-26(31-24)28-20-15-10-11-16-22(20)33/h7-11,13-17,23,33H,6,12,18H2,1-5H3,(H2,28,29,30,31). The molecule has 0 aliphatic heterocycles. The average molecular weight is 462 g/mol. The van der Waals surface area contributed by atoms with Crippen molar-refractivity contribution in [3.63, 3.8) is 0 Å². The van der Waals surface area contributed by atoms with Crippen molar-refractivity contribution in [1.29, 1.82) is 0 Å². The normalized spacial score (nSPS) is 12.1. The number of nitrogens with zero attached hydrogens (tertiary/aromatic N) is 3. The second-order valence-electron chi connectivity index (χ2n) is 9.60. The molecule has 1 atom stereocenters. The third kappa shape index (κ3) is 6.70. The number of aromatic hydroxyl groups is 1. The monoisotopic (exact) mass is 461 g/mol. The molecule has 0 saturated carbocycles. The molecule has 3 aromatic rings. The van der Waals surface area contributed by atoms with Crippen molar-refractivity contribution in [3.8, 4) is 5.75 Å². The van der Waals surface area contributed by atoms with Crippen LogP contribution in [0, 0.1) is 5.41 Å². The molecule has 2 aromatic carbocycles. The maximum Gasteiger partial charge on any atom is 0.272 e. The van der Waals surface area contributed by atoms with Gasteiger partial charge in [-0.05, 0) is 29.5 Å². The quantitative estimate of drug-likeness (QED) is 0.348. The molecule has 3 rings (SSSR count). The van der Waals surface area contributed by atoms with Gasteiger partial charge in [0.25, 0.3) is 5.91 Å². The number of anilines is 3. The van der Waals surface area contributed by atoms with Gasteiger partial charge in [-0.2, -0.15) is 4.98 Å². The lowest BCUT2D eigenvalue weighted by Crippen LogP contribution is -2.34. The molecule has 3 N–H and O–H groups in total. The SMILES string of the molecule is CCCC(Nc1cc(C(=O)N(C)Cc2ccccc2)nc(Nc2ccccc2O)n1)C(C)(C)C. The van der Waals surface area contributed by atoms with Crippen LogP contribution in [0.1, 0.15) is 56.6 Å². The first-order chi connectivity index (χ1) is 16.2. The molecule has 0 aliphatic rings. The molecule has 0 fully saturated rings. The number of rotatable bonds is 9. The van der Waals surface area contributed by atoms with Crippen LogP contribution >= 0.6 is 0 Å². The minimum absolute atomic E-state index is 0.000519. The maximum atomic E-state index is 13.3. The summed E-state index contributed by atoms with van der Waals surface area (Å²) in [5.41, 5.74) is 1.78. The molecular formula is C27H35N5O2. The largest absolute Gasteiger partial charge is 0.506 e. The van der Waals surface area contributed by atoms with Gasteiger partial charge < -0.3 is 20.6 Å². The summed E-state index contributed by atoms with van der Waals surface area (Å²) in [7, 11) is 1.76. The Morgan fingerprint density at radius 2 is 1.74 bits per heavy atom. The van der Waals surface area contributed by atoms with E-state index in [4.69, 9.17) is 0 Å². The van der Waals surface area contributed by atoms with Gasteiger partial charge in [-0.3, -0.25) is 4.79 Å². The number of benzene rings is 2. The molecule has 0 bridgehead atoms. The number of amides is 1. The lowest BCUT2D eigenvalue weighted by atomic mass is 9.84. The number of carbonyl (C=O) groups is 1. The fourth-order valence-corrected chi connectivity index (χ4v) is 3.70. The Labute approximate surface area is 202 Å². The molecule has 0 saturated heterocycles. The van der Waals surface area contributed by atoms with E-state index in [1.165, 1.54) is 0 Å². The minimum Gasteiger partial charge on any atom is -0.506 e. The Balaban J connectivity index is 1.94. The van der Waals surface area contributed by atoms with Crippen LogP contribution in [0.15, 0.2) is 60.7 Å². The van der Waals surface area contributed by atoms with Crippen LogP contribution in [0.4, 0.5) is 17.5 Å². The first-order valence-corrected chi connectivity index (χ1v) is 11.7.